The summed E-state index contributed by atoms with van der Waals surface area (Å²) in [5.74, 6) is -2.46. The number of nitrogens with zero attached hydrogens (tertiary/aromatic N) is 4. The van der Waals surface area contributed by atoms with E-state index in [1.54, 1.807) is 11.0 Å². The average molecular weight is 475 g/mol. The van der Waals surface area contributed by atoms with E-state index in [0.29, 0.717) is 17.2 Å². The van der Waals surface area contributed by atoms with E-state index < -0.39 is 5.92 Å². The highest BCUT2D eigenvalue weighted by molar-refractivity contribution is 5.97. The molecule has 7 nitrogen and oxygen atoms in total. The third-order valence-corrected chi connectivity index (χ3v) is 6.10. The minimum atomic E-state index is -2.76. The van der Waals surface area contributed by atoms with E-state index in [2.05, 4.69) is 25.9 Å². The van der Waals surface area contributed by atoms with Crippen LogP contribution in [0.5, 0.6) is 0 Å². The standard InChI is InChI=1S/C26H24F2N6O/c1-17-6-8-18(9-7-17)14-24(35)29-22-15-19(10-11-23(22)34-13-12-26(27,28)16-34)20-4-2-3-5-21(20)25-30-32-33-31-25/h2-11,15H,12-14,16H2,1H3,(H,29,35)(H,30,31,32,33). The quantitative estimate of drug-likeness (QED) is 0.416. The number of alkyl halides is 2. The molecule has 4 aromatic rings. The topological polar surface area (TPSA) is 86.8 Å². The van der Waals surface area contributed by atoms with Crippen LogP contribution in [-0.2, 0) is 11.2 Å². The molecule has 0 atom stereocenters. The molecule has 5 rings (SSSR count). The van der Waals surface area contributed by atoms with Gasteiger partial charge in [-0.3, -0.25) is 4.79 Å². The second-order valence-electron chi connectivity index (χ2n) is 8.77. The normalized spacial score (nSPS) is 14.8. The van der Waals surface area contributed by atoms with Crippen LogP contribution in [0.2, 0.25) is 0 Å². The molecule has 0 saturated carbocycles. The molecule has 0 bridgehead atoms. The molecular formula is C26H24F2N6O. The molecule has 1 aliphatic rings. The number of aromatic nitrogens is 4. The number of H-pyrrole nitrogens is 1. The Bertz CT molecular complexity index is 1340. The summed E-state index contributed by atoms with van der Waals surface area (Å²) in [6.07, 6.45) is -0.0345. The van der Waals surface area contributed by atoms with Crippen LogP contribution in [0, 0.1) is 6.92 Å². The molecule has 1 aliphatic heterocycles. The zero-order chi connectivity index (χ0) is 24.4. The lowest BCUT2D eigenvalue weighted by Crippen LogP contribution is -2.26. The van der Waals surface area contributed by atoms with Crippen LogP contribution >= 0.6 is 0 Å². The molecule has 1 aromatic heterocycles. The van der Waals surface area contributed by atoms with E-state index in [1.807, 2.05) is 67.6 Å². The van der Waals surface area contributed by atoms with Crippen LogP contribution in [0.3, 0.4) is 0 Å². The maximum absolute atomic E-state index is 14.0. The summed E-state index contributed by atoms with van der Waals surface area (Å²) >= 11 is 0. The molecule has 0 spiro atoms. The van der Waals surface area contributed by atoms with Crippen LogP contribution in [-0.4, -0.2) is 45.5 Å². The number of tetrazole rings is 1. The van der Waals surface area contributed by atoms with Gasteiger partial charge in [-0.05, 0) is 46.2 Å². The van der Waals surface area contributed by atoms with Crippen molar-refractivity contribution in [3.05, 3.63) is 77.9 Å². The second-order valence-corrected chi connectivity index (χ2v) is 8.77. The number of amides is 1. The Morgan fingerprint density at radius 2 is 1.86 bits per heavy atom. The molecule has 0 aliphatic carbocycles. The predicted octanol–water partition coefficient (Wildman–Crippen LogP) is 4.87. The van der Waals surface area contributed by atoms with Crippen molar-refractivity contribution in [2.24, 2.45) is 0 Å². The molecule has 1 fully saturated rings. The molecule has 178 valence electrons. The lowest BCUT2D eigenvalue weighted by atomic mass is 9.98. The number of rotatable bonds is 6. The lowest BCUT2D eigenvalue weighted by Gasteiger charge is -2.23. The number of halogens is 2. The van der Waals surface area contributed by atoms with E-state index in [4.69, 9.17) is 0 Å². The van der Waals surface area contributed by atoms with Gasteiger partial charge >= 0.3 is 0 Å². The van der Waals surface area contributed by atoms with Crippen molar-refractivity contribution >= 4 is 17.3 Å². The smallest absolute Gasteiger partial charge is 0.266 e. The minimum absolute atomic E-state index is 0.181. The number of hydrogen-bond donors (Lipinski definition) is 2. The summed E-state index contributed by atoms with van der Waals surface area (Å²) in [5, 5.41) is 17.1. The van der Waals surface area contributed by atoms with Crippen LogP contribution < -0.4 is 10.2 Å². The number of anilines is 2. The number of hydrogen-bond acceptors (Lipinski definition) is 5. The first-order valence-corrected chi connectivity index (χ1v) is 11.3. The number of aryl methyl sites for hydroxylation is 1. The molecule has 2 N–H and O–H groups in total. The fraction of sp³-hybridized carbons (Fsp3) is 0.231. The molecular weight excluding hydrogens is 450 g/mol. The third kappa shape index (κ3) is 5.03. The van der Waals surface area contributed by atoms with Gasteiger partial charge in [0.2, 0.25) is 5.91 Å². The summed E-state index contributed by atoms with van der Waals surface area (Å²) in [7, 11) is 0. The van der Waals surface area contributed by atoms with Crippen LogP contribution in [0.15, 0.2) is 66.7 Å². The Morgan fingerprint density at radius 1 is 1.09 bits per heavy atom. The van der Waals surface area contributed by atoms with E-state index in [1.165, 1.54) is 0 Å². The van der Waals surface area contributed by atoms with Gasteiger partial charge in [-0.25, -0.2) is 13.9 Å². The van der Waals surface area contributed by atoms with Gasteiger partial charge in [-0.2, -0.15) is 0 Å². The predicted molar refractivity (Wildman–Crippen MR) is 130 cm³/mol. The molecule has 0 radical (unpaired) electrons. The SMILES string of the molecule is Cc1ccc(CC(=O)Nc2cc(-c3ccccc3-c3nnn[nH]3)ccc2N2CCC(F)(F)C2)cc1. The molecule has 9 heteroatoms. The van der Waals surface area contributed by atoms with E-state index in [9.17, 15) is 13.6 Å². The van der Waals surface area contributed by atoms with Crippen molar-refractivity contribution in [1.29, 1.82) is 0 Å². The van der Waals surface area contributed by atoms with Gasteiger partial charge in [-0.15, -0.1) is 5.10 Å². The maximum Gasteiger partial charge on any atom is 0.266 e. The van der Waals surface area contributed by atoms with Crippen molar-refractivity contribution in [1.82, 2.24) is 20.6 Å². The van der Waals surface area contributed by atoms with Crippen molar-refractivity contribution < 1.29 is 13.6 Å². The van der Waals surface area contributed by atoms with Crippen molar-refractivity contribution in [3.63, 3.8) is 0 Å². The monoisotopic (exact) mass is 474 g/mol. The van der Waals surface area contributed by atoms with Gasteiger partial charge in [0.1, 0.15) is 0 Å². The first-order chi connectivity index (χ1) is 16.9. The van der Waals surface area contributed by atoms with Gasteiger partial charge in [0.05, 0.1) is 24.3 Å². The third-order valence-electron chi connectivity index (χ3n) is 6.10. The number of nitrogens with one attached hydrogen (secondary N) is 2. The number of benzene rings is 3. The summed E-state index contributed by atoms with van der Waals surface area (Å²) in [5.41, 5.74) is 5.48. The first-order valence-electron chi connectivity index (χ1n) is 11.3. The first kappa shape index (κ1) is 22.6. The fourth-order valence-electron chi connectivity index (χ4n) is 4.32. The highest BCUT2D eigenvalue weighted by Crippen LogP contribution is 2.39. The highest BCUT2D eigenvalue weighted by Gasteiger charge is 2.39. The molecule has 1 saturated heterocycles. The summed E-state index contributed by atoms with van der Waals surface area (Å²) in [6.45, 7) is 1.82. The van der Waals surface area contributed by atoms with Gasteiger partial charge in [0.15, 0.2) is 5.82 Å². The van der Waals surface area contributed by atoms with E-state index in [-0.39, 0.29) is 31.8 Å². The largest absolute Gasteiger partial charge is 0.364 e. The summed E-state index contributed by atoms with van der Waals surface area (Å²) in [4.78, 5) is 14.6. The van der Waals surface area contributed by atoms with Crippen LogP contribution in [0.4, 0.5) is 20.2 Å². The lowest BCUT2D eigenvalue weighted by molar-refractivity contribution is -0.115. The van der Waals surface area contributed by atoms with Crippen molar-refractivity contribution in [2.75, 3.05) is 23.3 Å². The van der Waals surface area contributed by atoms with Crippen molar-refractivity contribution in [3.8, 4) is 22.5 Å². The summed E-state index contributed by atoms with van der Waals surface area (Å²) in [6, 6.07) is 20.8. The van der Waals surface area contributed by atoms with E-state index in [0.717, 1.165) is 27.8 Å². The zero-order valence-electron chi connectivity index (χ0n) is 19.1. The summed E-state index contributed by atoms with van der Waals surface area (Å²) < 4.78 is 28.0. The minimum Gasteiger partial charge on any atom is -0.364 e. The molecule has 2 heterocycles. The Balaban J connectivity index is 1.50. The average Bonchev–Trinajstić information content (AvgIpc) is 3.50. The van der Waals surface area contributed by atoms with E-state index >= 15 is 0 Å². The van der Waals surface area contributed by atoms with Gasteiger partial charge in [0.25, 0.3) is 5.92 Å². The second kappa shape index (κ2) is 9.25. The van der Waals surface area contributed by atoms with Crippen molar-refractivity contribution in [2.45, 2.75) is 25.7 Å². The van der Waals surface area contributed by atoms with Gasteiger partial charge in [-0.1, -0.05) is 60.2 Å². The number of carbonyl (C=O) groups excluding carboxylic acids is 1. The van der Waals surface area contributed by atoms with Crippen LogP contribution in [0.25, 0.3) is 22.5 Å². The molecule has 35 heavy (non-hydrogen) atoms. The van der Waals surface area contributed by atoms with Gasteiger partial charge in [0, 0.05) is 18.5 Å². The van der Waals surface area contributed by atoms with Crippen LogP contribution in [0.1, 0.15) is 17.5 Å². The zero-order valence-corrected chi connectivity index (χ0v) is 19.1. The fourth-order valence-corrected chi connectivity index (χ4v) is 4.32. The number of aromatic amines is 1. The molecule has 3 aromatic carbocycles. The Morgan fingerprint density at radius 3 is 2.54 bits per heavy atom. The Labute approximate surface area is 201 Å². The highest BCUT2D eigenvalue weighted by atomic mass is 19.3. The molecule has 0 unspecified atom stereocenters. The Hall–Kier alpha value is -4.14. The molecule has 1 amide bonds. The maximum atomic E-state index is 14.0. The Kier molecular flexibility index (Phi) is 5.98. The van der Waals surface area contributed by atoms with Gasteiger partial charge < -0.3 is 10.2 Å². The number of carbonyl (C=O) groups is 1.